The summed E-state index contributed by atoms with van der Waals surface area (Å²) in [6.45, 7) is 2.15. The van der Waals surface area contributed by atoms with E-state index >= 15 is 0 Å². The van der Waals surface area contributed by atoms with Gasteiger partial charge in [-0.1, -0.05) is 6.92 Å². The van der Waals surface area contributed by atoms with Crippen LogP contribution in [0.15, 0.2) is 24.3 Å². The van der Waals surface area contributed by atoms with Crippen LogP contribution >= 0.6 is 0 Å². The molecule has 106 valence electrons. The maximum atomic E-state index is 11.9. The summed E-state index contributed by atoms with van der Waals surface area (Å²) in [4.78, 5) is 11.0. The van der Waals surface area contributed by atoms with Gasteiger partial charge in [-0.25, -0.2) is 0 Å². The first kappa shape index (κ1) is 15.3. The first-order valence-electron chi connectivity index (χ1n) is 5.91. The molecule has 0 N–H and O–H groups in total. The molecule has 0 bridgehead atoms. The van der Waals surface area contributed by atoms with Gasteiger partial charge in [0, 0.05) is 12.8 Å². The second kappa shape index (κ2) is 7.01. The Morgan fingerprint density at radius 2 is 1.74 bits per heavy atom. The van der Waals surface area contributed by atoms with Crippen molar-refractivity contribution < 1.29 is 27.4 Å². The van der Waals surface area contributed by atoms with Gasteiger partial charge in [-0.2, -0.15) is 0 Å². The van der Waals surface area contributed by atoms with Crippen LogP contribution in [0.3, 0.4) is 0 Å². The predicted molar refractivity (Wildman–Crippen MR) is 63.2 cm³/mol. The highest BCUT2D eigenvalue weighted by Crippen LogP contribution is 2.24. The van der Waals surface area contributed by atoms with Gasteiger partial charge < -0.3 is 9.47 Å². The quantitative estimate of drug-likeness (QED) is 0.712. The van der Waals surface area contributed by atoms with Crippen molar-refractivity contribution in [1.82, 2.24) is 0 Å². The lowest BCUT2D eigenvalue weighted by atomic mass is 10.2. The maximum Gasteiger partial charge on any atom is 0.573 e. The van der Waals surface area contributed by atoms with Gasteiger partial charge in [0.1, 0.15) is 17.3 Å². The van der Waals surface area contributed by atoms with Gasteiger partial charge in [-0.3, -0.25) is 4.79 Å². The van der Waals surface area contributed by atoms with E-state index in [4.69, 9.17) is 4.74 Å². The number of rotatable bonds is 7. The fourth-order valence-corrected chi connectivity index (χ4v) is 1.37. The number of halogens is 3. The smallest absolute Gasteiger partial charge is 0.494 e. The van der Waals surface area contributed by atoms with Crippen LogP contribution in [0, 0.1) is 0 Å². The molecular formula is C13H15F3O3. The molecule has 0 aromatic heterocycles. The molecule has 0 radical (unpaired) electrons. The highest BCUT2D eigenvalue weighted by atomic mass is 19.4. The third kappa shape index (κ3) is 6.69. The highest BCUT2D eigenvalue weighted by molar-refractivity contribution is 5.77. The first-order valence-corrected chi connectivity index (χ1v) is 5.91. The first-order chi connectivity index (χ1) is 8.90. The van der Waals surface area contributed by atoms with Crippen molar-refractivity contribution in [3.8, 4) is 11.5 Å². The minimum absolute atomic E-state index is 0.164. The zero-order valence-electron chi connectivity index (χ0n) is 10.5. The second-order valence-corrected chi connectivity index (χ2v) is 3.86. The largest absolute Gasteiger partial charge is 0.573 e. The van der Waals surface area contributed by atoms with Crippen LogP contribution in [-0.4, -0.2) is 18.8 Å². The molecule has 19 heavy (non-hydrogen) atoms. The Balaban J connectivity index is 2.34. The zero-order valence-corrected chi connectivity index (χ0v) is 10.5. The Morgan fingerprint density at radius 1 is 1.16 bits per heavy atom. The summed E-state index contributed by atoms with van der Waals surface area (Å²) in [5, 5.41) is 0. The van der Waals surface area contributed by atoms with Crippen LogP contribution in [0.1, 0.15) is 26.2 Å². The minimum atomic E-state index is -4.69. The van der Waals surface area contributed by atoms with E-state index in [9.17, 15) is 18.0 Å². The molecule has 0 aliphatic rings. The summed E-state index contributed by atoms with van der Waals surface area (Å²) in [5.74, 6) is 0.317. The van der Waals surface area contributed by atoms with Crippen molar-refractivity contribution in [3.05, 3.63) is 24.3 Å². The van der Waals surface area contributed by atoms with Gasteiger partial charge in [0.15, 0.2) is 0 Å². The Hall–Kier alpha value is -1.72. The summed E-state index contributed by atoms with van der Waals surface area (Å²) >= 11 is 0. The van der Waals surface area contributed by atoms with Gasteiger partial charge >= 0.3 is 6.36 Å². The summed E-state index contributed by atoms with van der Waals surface area (Å²) in [7, 11) is 0. The molecule has 3 nitrogen and oxygen atoms in total. The molecule has 0 aliphatic heterocycles. The molecule has 0 saturated carbocycles. The van der Waals surface area contributed by atoms with Gasteiger partial charge in [0.2, 0.25) is 0 Å². The standard InChI is InChI=1S/C13H15F3O3/c1-2-10(17)4-3-9-18-11-5-7-12(8-6-11)19-13(14,15)16/h5-8H,2-4,9H2,1H3. The summed E-state index contributed by atoms with van der Waals surface area (Å²) in [5.41, 5.74) is 0. The molecule has 1 aromatic rings. The lowest BCUT2D eigenvalue weighted by molar-refractivity contribution is -0.274. The normalized spacial score (nSPS) is 11.2. The minimum Gasteiger partial charge on any atom is -0.494 e. The molecule has 1 aromatic carbocycles. The Bertz CT molecular complexity index is 399. The van der Waals surface area contributed by atoms with Crippen molar-refractivity contribution in [2.75, 3.05) is 6.61 Å². The van der Waals surface area contributed by atoms with Crippen LogP contribution in [0.4, 0.5) is 13.2 Å². The highest BCUT2D eigenvalue weighted by Gasteiger charge is 2.30. The Kier molecular flexibility index (Phi) is 5.66. The molecule has 0 spiro atoms. The number of carbonyl (C=O) groups excluding carboxylic acids is 1. The fraction of sp³-hybridized carbons (Fsp3) is 0.462. The lowest BCUT2D eigenvalue weighted by Crippen LogP contribution is -2.16. The number of hydrogen-bond acceptors (Lipinski definition) is 3. The van der Waals surface area contributed by atoms with Gasteiger partial charge in [0.05, 0.1) is 6.61 Å². The fourth-order valence-electron chi connectivity index (χ4n) is 1.37. The molecule has 0 fully saturated rings. The summed E-state index contributed by atoms with van der Waals surface area (Å²) in [6, 6.07) is 5.14. The van der Waals surface area contributed by atoms with E-state index in [2.05, 4.69) is 4.74 Å². The van der Waals surface area contributed by atoms with Crippen LogP contribution < -0.4 is 9.47 Å². The monoisotopic (exact) mass is 276 g/mol. The Labute approximate surface area is 109 Å². The summed E-state index contributed by atoms with van der Waals surface area (Å²) in [6.07, 6.45) is -3.15. The number of Topliss-reactive ketones (excluding diaryl/α,β-unsaturated/α-hetero) is 1. The van der Waals surface area contributed by atoms with Gasteiger partial charge in [0.25, 0.3) is 0 Å². The predicted octanol–water partition coefficient (Wildman–Crippen LogP) is 3.72. The molecule has 0 atom stereocenters. The zero-order chi connectivity index (χ0) is 14.3. The van der Waals surface area contributed by atoms with E-state index in [1.165, 1.54) is 24.3 Å². The molecule has 0 aliphatic carbocycles. The number of alkyl halides is 3. The van der Waals surface area contributed by atoms with Crippen LogP contribution in [0.5, 0.6) is 11.5 Å². The second-order valence-electron chi connectivity index (χ2n) is 3.86. The third-order valence-electron chi connectivity index (χ3n) is 2.32. The number of hydrogen-bond donors (Lipinski definition) is 0. The number of carbonyl (C=O) groups is 1. The molecule has 1 rings (SSSR count). The van der Waals surface area contributed by atoms with Gasteiger partial charge in [-0.05, 0) is 30.7 Å². The topological polar surface area (TPSA) is 35.5 Å². The Morgan fingerprint density at radius 3 is 2.26 bits per heavy atom. The van der Waals surface area contributed by atoms with Crippen LogP contribution in [0.25, 0.3) is 0 Å². The average Bonchev–Trinajstić information content (AvgIpc) is 2.34. The van der Waals surface area contributed by atoms with Crippen molar-refractivity contribution in [2.24, 2.45) is 0 Å². The third-order valence-corrected chi connectivity index (χ3v) is 2.32. The number of ketones is 1. The van der Waals surface area contributed by atoms with E-state index in [1.54, 1.807) is 6.92 Å². The van der Waals surface area contributed by atoms with Crippen molar-refractivity contribution in [2.45, 2.75) is 32.5 Å². The lowest BCUT2D eigenvalue weighted by Gasteiger charge is -2.10. The van der Waals surface area contributed by atoms with Crippen LogP contribution in [-0.2, 0) is 4.79 Å². The van der Waals surface area contributed by atoms with E-state index in [0.717, 1.165) is 0 Å². The van der Waals surface area contributed by atoms with E-state index < -0.39 is 6.36 Å². The molecule has 6 heteroatoms. The number of benzene rings is 1. The average molecular weight is 276 g/mol. The van der Waals surface area contributed by atoms with Crippen LogP contribution in [0.2, 0.25) is 0 Å². The van der Waals surface area contributed by atoms with Crippen molar-refractivity contribution >= 4 is 5.78 Å². The molecular weight excluding hydrogens is 261 g/mol. The summed E-state index contributed by atoms with van der Waals surface area (Å²) < 4.78 is 44.8. The van der Waals surface area contributed by atoms with Gasteiger partial charge in [-0.15, -0.1) is 13.2 Å². The van der Waals surface area contributed by atoms with E-state index in [1.807, 2.05) is 0 Å². The van der Waals surface area contributed by atoms with Crippen molar-refractivity contribution in [1.29, 1.82) is 0 Å². The van der Waals surface area contributed by atoms with Crippen molar-refractivity contribution in [3.63, 3.8) is 0 Å². The molecule has 0 saturated heterocycles. The maximum absolute atomic E-state index is 11.9. The van der Waals surface area contributed by atoms with E-state index in [-0.39, 0.29) is 11.5 Å². The SMILES string of the molecule is CCC(=O)CCCOc1ccc(OC(F)(F)F)cc1. The number of ether oxygens (including phenoxy) is 2. The van der Waals surface area contributed by atoms with E-state index in [0.29, 0.717) is 31.6 Å². The molecule has 0 unspecified atom stereocenters. The molecule has 0 heterocycles. The molecule has 0 amide bonds.